The molecule has 0 saturated carbocycles. The van der Waals surface area contributed by atoms with E-state index in [1.165, 1.54) is 22.3 Å². The van der Waals surface area contributed by atoms with Crippen LogP contribution in [0.1, 0.15) is 68.2 Å². The summed E-state index contributed by atoms with van der Waals surface area (Å²) in [6.45, 7) is 12.0. The first-order valence-corrected chi connectivity index (χ1v) is 8.46. The van der Waals surface area contributed by atoms with Gasteiger partial charge in [-0.05, 0) is 49.8 Å². The van der Waals surface area contributed by atoms with Crippen LogP contribution in [0.5, 0.6) is 0 Å². The molecule has 1 aliphatic carbocycles. The van der Waals surface area contributed by atoms with Crippen LogP contribution in [-0.4, -0.2) is 16.6 Å². The highest BCUT2D eigenvalue weighted by atomic mass is 16.3. The van der Waals surface area contributed by atoms with Crippen molar-refractivity contribution in [2.75, 3.05) is 0 Å². The van der Waals surface area contributed by atoms with Gasteiger partial charge in [-0.25, -0.2) is 0 Å². The predicted octanol–water partition coefficient (Wildman–Crippen LogP) is 5.33. The number of ketones is 1. The maximum Gasteiger partial charge on any atom is 0.168 e. The Morgan fingerprint density at radius 1 is 1.17 bits per heavy atom. The maximum absolute atomic E-state index is 12.3. The molecule has 0 bridgehead atoms. The zero-order valence-electron chi connectivity index (χ0n) is 15.2. The Balaban J connectivity index is 0.00000127. The number of aliphatic hydroxyl groups is 1. The lowest BCUT2D eigenvalue weighted by Gasteiger charge is -2.26. The van der Waals surface area contributed by atoms with E-state index in [1.54, 1.807) is 0 Å². The zero-order chi connectivity index (χ0) is 17.7. The van der Waals surface area contributed by atoms with Crippen molar-refractivity contribution in [3.63, 3.8) is 0 Å². The predicted molar refractivity (Wildman–Crippen MR) is 96.7 cm³/mol. The highest BCUT2D eigenvalue weighted by Gasteiger charge is 2.31. The molecule has 0 saturated heterocycles. The summed E-state index contributed by atoms with van der Waals surface area (Å²) in [5, 5.41) is 18.1. The minimum atomic E-state index is -0.102. The average molecular weight is 315 g/mol. The Morgan fingerprint density at radius 3 is 2.13 bits per heavy atom. The van der Waals surface area contributed by atoms with E-state index < -0.39 is 0 Å². The molecule has 0 aliphatic heterocycles. The number of Topliss-reactive ketones (excluding diaryl/α,β-unsaturated/α-hetero) is 1. The van der Waals surface area contributed by atoms with Gasteiger partial charge in [-0.2, -0.15) is 0 Å². The SMILES string of the molecule is CC.CCC(=N)C1=C(O)CC(c2c(C)cc(C)cc2C)CC1=O. The zero-order valence-corrected chi connectivity index (χ0v) is 15.2. The third-order valence-corrected chi connectivity index (χ3v) is 4.24. The van der Waals surface area contributed by atoms with E-state index in [-0.39, 0.29) is 28.7 Å². The van der Waals surface area contributed by atoms with Crippen molar-refractivity contribution in [3.05, 3.63) is 45.7 Å². The summed E-state index contributed by atoms with van der Waals surface area (Å²) in [5.41, 5.74) is 5.22. The molecule has 3 heteroatoms. The minimum absolute atomic E-state index is 0.0199. The molecule has 2 rings (SSSR count). The van der Waals surface area contributed by atoms with E-state index in [0.717, 1.165) is 0 Å². The molecule has 1 unspecified atom stereocenters. The molecule has 1 atom stereocenters. The molecule has 0 radical (unpaired) electrons. The molecule has 3 nitrogen and oxygen atoms in total. The van der Waals surface area contributed by atoms with Gasteiger partial charge in [-0.1, -0.05) is 38.5 Å². The standard InChI is InChI=1S/C18H23NO2.C2H6/c1-5-14(19)18-15(20)8-13(9-16(18)21)17-11(3)6-10(2)7-12(17)4;1-2/h6-7,13,19-20H,5,8-9H2,1-4H3;1-2H3. The van der Waals surface area contributed by atoms with Crippen molar-refractivity contribution in [2.45, 2.75) is 66.7 Å². The van der Waals surface area contributed by atoms with Crippen LogP contribution in [0.25, 0.3) is 0 Å². The Kier molecular flexibility index (Phi) is 6.74. The average Bonchev–Trinajstić information content (AvgIpc) is 2.47. The van der Waals surface area contributed by atoms with Crippen LogP contribution in [0.4, 0.5) is 0 Å². The first-order chi connectivity index (χ1) is 10.8. The van der Waals surface area contributed by atoms with Gasteiger partial charge < -0.3 is 10.5 Å². The number of carbonyl (C=O) groups is 1. The van der Waals surface area contributed by atoms with Crippen LogP contribution in [0.15, 0.2) is 23.5 Å². The van der Waals surface area contributed by atoms with Gasteiger partial charge in [0.1, 0.15) is 5.76 Å². The number of aryl methyl sites for hydroxylation is 3. The smallest absolute Gasteiger partial charge is 0.168 e. The largest absolute Gasteiger partial charge is 0.511 e. The highest BCUT2D eigenvalue weighted by Crippen LogP contribution is 2.37. The molecular formula is C20H29NO2. The fourth-order valence-electron chi connectivity index (χ4n) is 3.45. The number of benzene rings is 1. The summed E-state index contributed by atoms with van der Waals surface area (Å²) in [6, 6.07) is 4.24. The van der Waals surface area contributed by atoms with E-state index in [9.17, 15) is 9.90 Å². The highest BCUT2D eigenvalue weighted by molar-refractivity contribution is 6.22. The third-order valence-electron chi connectivity index (χ3n) is 4.24. The lowest BCUT2D eigenvalue weighted by Crippen LogP contribution is -2.23. The monoisotopic (exact) mass is 315 g/mol. The van der Waals surface area contributed by atoms with Gasteiger partial charge >= 0.3 is 0 Å². The van der Waals surface area contributed by atoms with Crippen LogP contribution < -0.4 is 0 Å². The summed E-state index contributed by atoms with van der Waals surface area (Å²) in [5.74, 6) is 0.00366. The number of hydrogen-bond acceptors (Lipinski definition) is 3. The van der Waals surface area contributed by atoms with Crippen molar-refractivity contribution < 1.29 is 9.90 Å². The lowest BCUT2D eigenvalue weighted by molar-refractivity contribution is -0.116. The van der Waals surface area contributed by atoms with E-state index in [0.29, 0.717) is 19.3 Å². The van der Waals surface area contributed by atoms with Crippen molar-refractivity contribution in [3.8, 4) is 0 Å². The summed E-state index contributed by atoms with van der Waals surface area (Å²) in [6.07, 6.45) is 1.30. The molecule has 0 fully saturated rings. The Hall–Kier alpha value is -1.90. The van der Waals surface area contributed by atoms with Gasteiger partial charge in [-0.15, -0.1) is 0 Å². The van der Waals surface area contributed by atoms with Gasteiger partial charge in [0, 0.05) is 18.6 Å². The van der Waals surface area contributed by atoms with Crippen LogP contribution in [-0.2, 0) is 4.79 Å². The van der Waals surface area contributed by atoms with Crippen molar-refractivity contribution in [1.29, 1.82) is 5.41 Å². The summed E-state index contributed by atoms with van der Waals surface area (Å²) in [7, 11) is 0. The fraction of sp³-hybridized carbons (Fsp3) is 0.500. The molecule has 0 aromatic heterocycles. The second-order valence-electron chi connectivity index (χ2n) is 5.99. The molecule has 2 N–H and O–H groups in total. The Morgan fingerprint density at radius 2 is 1.70 bits per heavy atom. The van der Waals surface area contributed by atoms with Crippen LogP contribution in [0.3, 0.4) is 0 Å². The molecule has 0 heterocycles. The van der Waals surface area contributed by atoms with Gasteiger partial charge in [-0.3, -0.25) is 4.79 Å². The van der Waals surface area contributed by atoms with Crippen LogP contribution in [0.2, 0.25) is 0 Å². The van der Waals surface area contributed by atoms with Crippen molar-refractivity contribution in [1.82, 2.24) is 0 Å². The number of hydrogen-bond donors (Lipinski definition) is 2. The maximum atomic E-state index is 12.3. The topological polar surface area (TPSA) is 61.1 Å². The Labute approximate surface area is 139 Å². The van der Waals surface area contributed by atoms with E-state index in [1.807, 2.05) is 20.8 Å². The van der Waals surface area contributed by atoms with Gasteiger partial charge in [0.2, 0.25) is 0 Å². The van der Waals surface area contributed by atoms with Crippen molar-refractivity contribution >= 4 is 11.5 Å². The number of rotatable bonds is 3. The quantitative estimate of drug-likeness (QED) is 0.741. The van der Waals surface area contributed by atoms with Crippen LogP contribution in [0, 0.1) is 26.2 Å². The third kappa shape index (κ3) is 4.10. The van der Waals surface area contributed by atoms with Gasteiger partial charge in [0.25, 0.3) is 0 Å². The fourth-order valence-corrected chi connectivity index (χ4v) is 3.45. The first kappa shape index (κ1) is 19.1. The lowest BCUT2D eigenvalue weighted by atomic mass is 9.78. The summed E-state index contributed by atoms with van der Waals surface area (Å²) < 4.78 is 0. The number of aliphatic hydroxyl groups excluding tert-OH is 1. The first-order valence-electron chi connectivity index (χ1n) is 8.46. The van der Waals surface area contributed by atoms with Gasteiger partial charge in [0.05, 0.1) is 5.57 Å². The molecule has 0 amide bonds. The summed E-state index contributed by atoms with van der Waals surface area (Å²) >= 11 is 0. The van der Waals surface area contributed by atoms with E-state index in [4.69, 9.17) is 5.41 Å². The minimum Gasteiger partial charge on any atom is -0.511 e. The van der Waals surface area contributed by atoms with Gasteiger partial charge in [0.15, 0.2) is 5.78 Å². The molecular weight excluding hydrogens is 286 g/mol. The molecule has 23 heavy (non-hydrogen) atoms. The number of carbonyl (C=O) groups excluding carboxylic acids is 1. The number of allylic oxidation sites excluding steroid dienone is 2. The molecule has 1 aromatic rings. The van der Waals surface area contributed by atoms with Crippen molar-refractivity contribution in [2.24, 2.45) is 0 Å². The molecule has 0 spiro atoms. The second kappa shape index (κ2) is 8.09. The normalized spacial score (nSPS) is 17.7. The Bertz CT molecular complexity index is 618. The van der Waals surface area contributed by atoms with E-state index >= 15 is 0 Å². The second-order valence-corrected chi connectivity index (χ2v) is 5.99. The molecule has 126 valence electrons. The van der Waals surface area contributed by atoms with E-state index in [2.05, 4.69) is 32.9 Å². The molecule has 1 aliphatic rings. The van der Waals surface area contributed by atoms with Crippen LogP contribution >= 0.6 is 0 Å². The number of nitrogens with one attached hydrogen (secondary N) is 1. The molecule has 1 aromatic carbocycles. The summed E-state index contributed by atoms with van der Waals surface area (Å²) in [4.78, 5) is 12.3.